The zero-order valence-corrected chi connectivity index (χ0v) is 8.30. The third-order valence-electron chi connectivity index (χ3n) is 2.37. The third-order valence-corrected chi connectivity index (χ3v) is 2.37. The summed E-state index contributed by atoms with van der Waals surface area (Å²) in [5, 5.41) is 0. The van der Waals surface area contributed by atoms with E-state index < -0.39 is 0 Å². The van der Waals surface area contributed by atoms with Crippen molar-refractivity contribution in [2.45, 2.75) is 19.3 Å². The van der Waals surface area contributed by atoms with Crippen LogP contribution < -0.4 is 0 Å². The highest BCUT2D eigenvalue weighted by atomic mass is 16.5. The standard InChI is InChI=1S/C11H19NO/c1-3-11(2)13-10-9-12-7-5-4-6-8-12/h3H,1-2,4-10H2. The van der Waals surface area contributed by atoms with Crippen LogP contribution in [0.25, 0.3) is 0 Å². The Hall–Kier alpha value is -0.760. The van der Waals surface area contributed by atoms with Crippen LogP contribution in [0.15, 0.2) is 25.0 Å². The summed E-state index contributed by atoms with van der Waals surface area (Å²) in [5.41, 5.74) is 0. The van der Waals surface area contributed by atoms with Crippen LogP contribution in [-0.4, -0.2) is 31.1 Å². The van der Waals surface area contributed by atoms with Gasteiger partial charge < -0.3 is 4.74 Å². The summed E-state index contributed by atoms with van der Waals surface area (Å²) in [5.74, 6) is 0.678. The average molecular weight is 181 g/mol. The molecule has 1 heterocycles. The Labute approximate surface area is 80.9 Å². The van der Waals surface area contributed by atoms with Gasteiger partial charge in [0.05, 0.1) is 0 Å². The summed E-state index contributed by atoms with van der Waals surface area (Å²) in [7, 11) is 0. The Bertz CT molecular complexity index is 171. The van der Waals surface area contributed by atoms with Crippen molar-refractivity contribution >= 4 is 0 Å². The highest BCUT2D eigenvalue weighted by Gasteiger charge is 2.08. The van der Waals surface area contributed by atoms with E-state index in [0.717, 1.165) is 13.2 Å². The predicted molar refractivity (Wildman–Crippen MR) is 55.6 cm³/mol. The number of likely N-dealkylation sites (tertiary alicyclic amines) is 1. The first-order valence-electron chi connectivity index (χ1n) is 4.99. The van der Waals surface area contributed by atoms with Crippen LogP contribution in [0, 0.1) is 0 Å². The molecule has 1 rings (SSSR count). The summed E-state index contributed by atoms with van der Waals surface area (Å²) in [6.07, 6.45) is 5.71. The monoisotopic (exact) mass is 181 g/mol. The molecule has 13 heavy (non-hydrogen) atoms. The van der Waals surface area contributed by atoms with Crippen molar-refractivity contribution in [3.8, 4) is 0 Å². The molecule has 0 atom stereocenters. The van der Waals surface area contributed by atoms with Crippen molar-refractivity contribution in [1.29, 1.82) is 0 Å². The molecule has 0 spiro atoms. The molecule has 0 unspecified atom stereocenters. The third kappa shape index (κ3) is 4.13. The first kappa shape index (κ1) is 10.3. The van der Waals surface area contributed by atoms with Gasteiger partial charge in [-0.05, 0) is 32.0 Å². The zero-order chi connectivity index (χ0) is 9.52. The molecule has 1 fully saturated rings. The van der Waals surface area contributed by atoms with E-state index in [1.54, 1.807) is 6.08 Å². The molecule has 0 aromatic heterocycles. The zero-order valence-electron chi connectivity index (χ0n) is 8.30. The molecule has 0 aromatic carbocycles. The van der Waals surface area contributed by atoms with Gasteiger partial charge in [-0.15, -0.1) is 0 Å². The smallest absolute Gasteiger partial charge is 0.111 e. The second kappa shape index (κ2) is 5.81. The van der Waals surface area contributed by atoms with Gasteiger partial charge in [-0.25, -0.2) is 0 Å². The molecule has 2 heteroatoms. The fraction of sp³-hybridized carbons (Fsp3) is 0.636. The number of piperidine rings is 1. The minimum Gasteiger partial charge on any atom is -0.493 e. The molecule has 1 aliphatic heterocycles. The molecule has 2 nitrogen and oxygen atoms in total. The lowest BCUT2D eigenvalue weighted by Crippen LogP contribution is -2.32. The van der Waals surface area contributed by atoms with Crippen LogP contribution >= 0.6 is 0 Å². The van der Waals surface area contributed by atoms with Crippen molar-refractivity contribution in [1.82, 2.24) is 4.90 Å². The van der Waals surface area contributed by atoms with Crippen LogP contribution in [0.5, 0.6) is 0 Å². The highest BCUT2D eigenvalue weighted by Crippen LogP contribution is 2.08. The molecule has 0 aromatic rings. The van der Waals surface area contributed by atoms with Gasteiger partial charge >= 0.3 is 0 Å². The highest BCUT2D eigenvalue weighted by molar-refractivity contribution is 5.01. The molecule has 1 saturated heterocycles. The van der Waals surface area contributed by atoms with Gasteiger partial charge in [-0.1, -0.05) is 19.6 Å². The normalized spacial score (nSPS) is 18.2. The molecular weight excluding hydrogens is 162 g/mol. The summed E-state index contributed by atoms with van der Waals surface area (Å²) >= 11 is 0. The van der Waals surface area contributed by atoms with Crippen LogP contribution in [0.4, 0.5) is 0 Å². The largest absolute Gasteiger partial charge is 0.493 e. The number of hydrogen-bond acceptors (Lipinski definition) is 2. The summed E-state index contributed by atoms with van der Waals surface area (Å²) in [6.45, 7) is 11.5. The van der Waals surface area contributed by atoms with Crippen LogP contribution in [0.2, 0.25) is 0 Å². The van der Waals surface area contributed by atoms with Crippen molar-refractivity contribution in [3.63, 3.8) is 0 Å². The fourth-order valence-corrected chi connectivity index (χ4v) is 1.55. The van der Waals surface area contributed by atoms with Gasteiger partial charge in [0.1, 0.15) is 12.4 Å². The minimum atomic E-state index is 0.678. The summed E-state index contributed by atoms with van der Waals surface area (Å²) in [4.78, 5) is 2.44. The van der Waals surface area contributed by atoms with Crippen molar-refractivity contribution in [2.75, 3.05) is 26.2 Å². The minimum absolute atomic E-state index is 0.678. The van der Waals surface area contributed by atoms with Gasteiger partial charge in [0.15, 0.2) is 0 Å². The van der Waals surface area contributed by atoms with E-state index in [4.69, 9.17) is 4.74 Å². The second-order valence-corrected chi connectivity index (χ2v) is 3.42. The maximum Gasteiger partial charge on any atom is 0.111 e. The summed E-state index contributed by atoms with van der Waals surface area (Å²) < 4.78 is 5.34. The lowest BCUT2D eigenvalue weighted by atomic mass is 10.1. The van der Waals surface area contributed by atoms with Gasteiger partial charge in [0.25, 0.3) is 0 Å². The van der Waals surface area contributed by atoms with E-state index in [0.29, 0.717) is 5.76 Å². The topological polar surface area (TPSA) is 12.5 Å². The lowest BCUT2D eigenvalue weighted by molar-refractivity contribution is 0.149. The first-order valence-corrected chi connectivity index (χ1v) is 4.99. The number of allylic oxidation sites excluding steroid dienone is 1. The second-order valence-electron chi connectivity index (χ2n) is 3.42. The number of ether oxygens (including phenoxy) is 1. The molecule has 0 N–H and O–H groups in total. The Balaban J connectivity index is 2.04. The molecular formula is C11H19NO. The Morgan fingerprint density at radius 1 is 1.31 bits per heavy atom. The Morgan fingerprint density at radius 3 is 2.62 bits per heavy atom. The van der Waals surface area contributed by atoms with Crippen molar-refractivity contribution < 1.29 is 4.74 Å². The number of hydrogen-bond donors (Lipinski definition) is 0. The molecule has 74 valence electrons. The Kier molecular flexibility index (Phi) is 4.61. The van der Waals surface area contributed by atoms with Crippen LogP contribution in [0.1, 0.15) is 19.3 Å². The van der Waals surface area contributed by atoms with Gasteiger partial charge in [0, 0.05) is 6.54 Å². The molecule has 0 saturated carbocycles. The number of nitrogens with zero attached hydrogens (tertiary/aromatic N) is 1. The van der Waals surface area contributed by atoms with E-state index in [2.05, 4.69) is 18.1 Å². The average Bonchev–Trinajstić information content (AvgIpc) is 2.19. The quantitative estimate of drug-likeness (QED) is 0.476. The molecule has 0 aliphatic carbocycles. The maximum atomic E-state index is 5.34. The number of rotatable bonds is 5. The van der Waals surface area contributed by atoms with Crippen LogP contribution in [-0.2, 0) is 4.74 Å². The van der Waals surface area contributed by atoms with E-state index in [1.807, 2.05) is 0 Å². The molecule has 0 bridgehead atoms. The van der Waals surface area contributed by atoms with Gasteiger partial charge in [-0.3, -0.25) is 4.90 Å². The van der Waals surface area contributed by atoms with Crippen LogP contribution in [0.3, 0.4) is 0 Å². The lowest BCUT2D eigenvalue weighted by Gasteiger charge is -2.26. The SMILES string of the molecule is C=CC(=C)OCCN1CCCCC1. The first-order chi connectivity index (χ1) is 6.33. The molecule has 0 amide bonds. The van der Waals surface area contributed by atoms with E-state index >= 15 is 0 Å². The fourth-order valence-electron chi connectivity index (χ4n) is 1.55. The van der Waals surface area contributed by atoms with E-state index in [1.165, 1.54) is 32.4 Å². The maximum absolute atomic E-state index is 5.34. The van der Waals surface area contributed by atoms with Crippen molar-refractivity contribution in [3.05, 3.63) is 25.0 Å². The van der Waals surface area contributed by atoms with E-state index in [9.17, 15) is 0 Å². The molecule has 1 aliphatic rings. The van der Waals surface area contributed by atoms with Crippen molar-refractivity contribution in [2.24, 2.45) is 0 Å². The van der Waals surface area contributed by atoms with E-state index in [-0.39, 0.29) is 0 Å². The summed E-state index contributed by atoms with van der Waals surface area (Å²) in [6, 6.07) is 0. The molecule has 0 radical (unpaired) electrons. The Morgan fingerprint density at radius 2 is 2.00 bits per heavy atom. The van der Waals surface area contributed by atoms with Gasteiger partial charge in [-0.2, -0.15) is 0 Å². The van der Waals surface area contributed by atoms with Gasteiger partial charge in [0.2, 0.25) is 0 Å². The predicted octanol–water partition coefficient (Wildman–Crippen LogP) is 2.19.